The standard InChI is InChI=1S/C16H23FN2O/c1-16(2,3)13-7-15(20)19(10-13)9-11-4-5-14(17)12(6-11)8-18/h4-6,13H,7-10,18H2,1-3H3. The van der Waals surface area contributed by atoms with Gasteiger partial charge in [0.25, 0.3) is 0 Å². The van der Waals surface area contributed by atoms with Gasteiger partial charge in [-0.2, -0.15) is 0 Å². The third-order valence-corrected chi connectivity index (χ3v) is 4.14. The average molecular weight is 278 g/mol. The Balaban J connectivity index is 2.09. The fraction of sp³-hybridized carbons (Fsp3) is 0.562. The summed E-state index contributed by atoms with van der Waals surface area (Å²) in [6, 6.07) is 4.92. The molecule has 3 nitrogen and oxygen atoms in total. The van der Waals surface area contributed by atoms with Crippen molar-refractivity contribution in [2.24, 2.45) is 17.1 Å². The van der Waals surface area contributed by atoms with Gasteiger partial charge in [0, 0.05) is 31.6 Å². The maximum atomic E-state index is 13.4. The zero-order valence-electron chi connectivity index (χ0n) is 12.4. The summed E-state index contributed by atoms with van der Waals surface area (Å²) in [5, 5.41) is 0. The number of nitrogens with zero attached hydrogens (tertiary/aromatic N) is 1. The van der Waals surface area contributed by atoms with Gasteiger partial charge in [0.2, 0.25) is 5.91 Å². The summed E-state index contributed by atoms with van der Waals surface area (Å²) < 4.78 is 13.4. The number of nitrogens with two attached hydrogens (primary N) is 1. The minimum absolute atomic E-state index is 0.135. The molecule has 20 heavy (non-hydrogen) atoms. The molecule has 1 amide bonds. The van der Waals surface area contributed by atoms with Gasteiger partial charge >= 0.3 is 0 Å². The van der Waals surface area contributed by atoms with Crippen LogP contribution in [0.5, 0.6) is 0 Å². The summed E-state index contributed by atoms with van der Waals surface area (Å²) in [6.07, 6.45) is 0.606. The molecule has 1 aliphatic rings. The van der Waals surface area contributed by atoms with E-state index in [4.69, 9.17) is 5.73 Å². The van der Waals surface area contributed by atoms with E-state index in [-0.39, 0.29) is 23.7 Å². The fourth-order valence-corrected chi connectivity index (χ4v) is 2.61. The molecule has 1 unspecified atom stereocenters. The molecule has 0 aromatic heterocycles. The Kier molecular flexibility index (Phi) is 4.14. The second-order valence-corrected chi connectivity index (χ2v) is 6.67. The van der Waals surface area contributed by atoms with Gasteiger partial charge in [-0.25, -0.2) is 4.39 Å². The maximum absolute atomic E-state index is 13.4. The van der Waals surface area contributed by atoms with E-state index in [9.17, 15) is 9.18 Å². The molecule has 2 rings (SSSR count). The number of carbonyl (C=O) groups excluding carboxylic acids is 1. The van der Waals surface area contributed by atoms with Crippen molar-refractivity contribution in [1.82, 2.24) is 4.90 Å². The summed E-state index contributed by atoms with van der Waals surface area (Å²) in [4.78, 5) is 13.9. The van der Waals surface area contributed by atoms with Crippen molar-refractivity contribution in [1.29, 1.82) is 0 Å². The van der Waals surface area contributed by atoms with E-state index in [1.807, 2.05) is 4.90 Å². The number of benzene rings is 1. The number of carbonyl (C=O) groups is 1. The first-order valence-electron chi connectivity index (χ1n) is 7.06. The van der Waals surface area contributed by atoms with Crippen LogP contribution in [0.15, 0.2) is 18.2 Å². The van der Waals surface area contributed by atoms with Gasteiger partial charge in [0.15, 0.2) is 0 Å². The third-order valence-electron chi connectivity index (χ3n) is 4.14. The molecule has 1 saturated heterocycles. The SMILES string of the molecule is CC(C)(C)C1CC(=O)N(Cc2ccc(F)c(CN)c2)C1. The molecule has 1 heterocycles. The first kappa shape index (κ1) is 15.0. The van der Waals surface area contributed by atoms with Gasteiger partial charge in [-0.3, -0.25) is 4.79 Å². The normalized spacial score (nSPS) is 19.8. The number of hydrogen-bond donors (Lipinski definition) is 1. The predicted octanol–water partition coefficient (Wildman–Crippen LogP) is 2.68. The van der Waals surface area contributed by atoms with Crippen molar-refractivity contribution < 1.29 is 9.18 Å². The molecule has 110 valence electrons. The third kappa shape index (κ3) is 3.18. The highest BCUT2D eigenvalue weighted by atomic mass is 19.1. The van der Waals surface area contributed by atoms with E-state index in [0.717, 1.165) is 12.1 Å². The van der Waals surface area contributed by atoms with Crippen LogP contribution in [0.2, 0.25) is 0 Å². The fourth-order valence-electron chi connectivity index (χ4n) is 2.61. The van der Waals surface area contributed by atoms with Crippen molar-refractivity contribution in [3.63, 3.8) is 0 Å². The van der Waals surface area contributed by atoms with E-state index < -0.39 is 0 Å². The topological polar surface area (TPSA) is 46.3 Å². The highest BCUT2D eigenvalue weighted by Crippen LogP contribution is 2.34. The smallest absolute Gasteiger partial charge is 0.223 e. The van der Waals surface area contributed by atoms with Crippen LogP contribution in [0.25, 0.3) is 0 Å². The number of amides is 1. The second kappa shape index (κ2) is 5.52. The minimum atomic E-state index is -0.281. The second-order valence-electron chi connectivity index (χ2n) is 6.67. The van der Waals surface area contributed by atoms with Crippen molar-refractivity contribution in [2.45, 2.75) is 40.3 Å². The van der Waals surface area contributed by atoms with Crippen molar-refractivity contribution in [3.05, 3.63) is 35.1 Å². The largest absolute Gasteiger partial charge is 0.338 e. The predicted molar refractivity (Wildman–Crippen MR) is 77.3 cm³/mol. The summed E-state index contributed by atoms with van der Waals surface area (Å²) >= 11 is 0. The van der Waals surface area contributed by atoms with Gasteiger partial charge < -0.3 is 10.6 Å². The molecule has 4 heteroatoms. The molecule has 2 N–H and O–H groups in total. The molecular formula is C16H23FN2O. The Hall–Kier alpha value is -1.42. The van der Waals surface area contributed by atoms with Gasteiger partial charge in [-0.1, -0.05) is 26.8 Å². The lowest BCUT2D eigenvalue weighted by atomic mass is 9.80. The van der Waals surface area contributed by atoms with Gasteiger partial charge in [-0.15, -0.1) is 0 Å². The Bertz CT molecular complexity index is 508. The number of rotatable bonds is 3. The Morgan fingerprint density at radius 2 is 2.10 bits per heavy atom. The summed E-state index contributed by atoms with van der Waals surface area (Å²) in [6.45, 7) is 7.99. The Morgan fingerprint density at radius 3 is 2.65 bits per heavy atom. The number of hydrogen-bond acceptors (Lipinski definition) is 2. The lowest BCUT2D eigenvalue weighted by Gasteiger charge is -2.26. The highest BCUT2D eigenvalue weighted by Gasteiger charge is 2.36. The van der Waals surface area contributed by atoms with Crippen molar-refractivity contribution in [2.75, 3.05) is 6.54 Å². The maximum Gasteiger partial charge on any atom is 0.223 e. The van der Waals surface area contributed by atoms with Gasteiger partial charge in [0.05, 0.1) is 0 Å². The van der Waals surface area contributed by atoms with E-state index in [1.165, 1.54) is 6.07 Å². The molecule has 1 aromatic rings. The average Bonchev–Trinajstić information content (AvgIpc) is 2.73. The van der Waals surface area contributed by atoms with E-state index in [1.54, 1.807) is 12.1 Å². The monoisotopic (exact) mass is 278 g/mol. The lowest BCUT2D eigenvalue weighted by Crippen LogP contribution is -2.27. The molecular weight excluding hydrogens is 255 g/mol. The van der Waals surface area contributed by atoms with Gasteiger partial charge in [0.1, 0.15) is 5.82 Å². The van der Waals surface area contributed by atoms with Crippen LogP contribution in [0.1, 0.15) is 38.3 Å². The van der Waals surface area contributed by atoms with Crippen molar-refractivity contribution in [3.8, 4) is 0 Å². The van der Waals surface area contributed by atoms with E-state index in [2.05, 4.69) is 20.8 Å². The summed E-state index contributed by atoms with van der Waals surface area (Å²) in [7, 11) is 0. The molecule has 0 aliphatic carbocycles. The van der Waals surface area contributed by atoms with Crippen LogP contribution in [0.3, 0.4) is 0 Å². The summed E-state index contributed by atoms with van der Waals surface area (Å²) in [5.74, 6) is 0.282. The zero-order chi connectivity index (χ0) is 14.9. The van der Waals surface area contributed by atoms with Crippen molar-refractivity contribution >= 4 is 5.91 Å². The Labute approximate surface area is 120 Å². The number of halogens is 1. The van der Waals surface area contributed by atoms with Crippen LogP contribution in [0, 0.1) is 17.2 Å². The van der Waals surface area contributed by atoms with Crippen LogP contribution < -0.4 is 5.73 Å². The van der Waals surface area contributed by atoms with Crippen LogP contribution >= 0.6 is 0 Å². The van der Waals surface area contributed by atoms with E-state index >= 15 is 0 Å². The molecule has 0 spiro atoms. The molecule has 0 bridgehead atoms. The molecule has 1 fully saturated rings. The summed E-state index contributed by atoms with van der Waals surface area (Å²) in [5.41, 5.74) is 7.09. The van der Waals surface area contributed by atoms with E-state index in [0.29, 0.717) is 24.4 Å². The quantitative estimate of drug-likeness (QED) is 0.924. The first-order valence-corrected chi connectivity index (χ1v) is 7.06. The van der Waals surface area contributed by atoms with Crippen LogP contribution in [-0.4, -0.2) is 17.4 Å². The number of likely N-dealkylation sites (tertiary alicyclic amines) is 1. The highest BCUT2D eigenvalue weighted by molar-refractivity contribution is 5.78. The van der Waals surface area contributed by atoms with Crippen LogP contribution in [0.4, 0.5) is 4.39 Å². The Morgan fingerprint density at radius 1 is 1.40 bits per heavy atom. The first-order chi connectivity index (χ1) is 9.31. The molecule has 1 aromatic carbocycles. The van der Waals surface area contributed by atoms with Crippen LogP contribution in [-0.2, 0) is 17.9 Å². The lowest BCUT2D eigenvalue weighted by molar-refractivity contribution is -0.128. The van der Waals surface area contributed by atoms with Gasteiger partial charge in [-0.05, 0) is 29.0 Å². The molecule has 1 aliphatic heterocycles. The molecule has 0 saturated carbocycles. The zero-order valence-corrected chi connectivity index (χ0v) is 12.4. The minimum Gasteiger partial charge on any atom is -0.338 e. The molecule has 0 radical (unpaired) electrons. The molecule has 1 atom stereocenters.